The number of halogens is 1. The number of rotatable bonds is 5. The summed E-state index contributed by atoms with van der Waals surface area (Å²) in [6.45, 7) is 2.04. The molecule has 0 radical (unpaired) electrons. The highest BCUT2D eigenvalue weighted by Crippen LogP contribution is 2.53. The summed E-state index contributed by atoms with van der Waals surface area (Å²) >= 11 is 0. The van der Waals surface area contributed by atoms with E-state index in [1.165, 1.54) is 32.2 Å². The van der Waals surface area contributed by atoms with Crippen LogP contribution >= 0.6 is 0 Å². The number of benzene rings is 1. The first kappa shape index (κ1) is 19.0. The van der Waals surface area contributed by atoms with Crippen molar-refractivity contribution in [2.24, 2.45) is 11.8 Å². The molecule has 0 aliphatic carbocycles. The molecule has 0 aromatic heterocycles. The van der Waals surface area contributed by atoms with Crippen molar-refractivity contribution in [2.45, 2.75) is 31.0 Å². The average Bonchev–Trinajstić information content (AvgIpc) is 3.23. The summed E-state index contributed by atoms with van der Waals surface area (Å²) in [5, 5.41) is 16.0. The number of aliphatic hydroxyl groups excluding tert-OH is 1. The van der Waals surface area contributed by atoms with Crippen LogP contribution < -0.4 is 10.6 Å². The van der Waals surface area contributed by atoms with E-state index in [9.17, 15) is 23.9 Å². The molecule has 1 aromatic carbocycles. The molecule has 2 fully saturated rings. The highest BCUT2D eigenvalue weighted by Gasteiger charge is 2.71. The third-order valence-corrected chi connectivity index (χ3v) is 5.95. The average molecular weight is 391 g/mol. The van der Waals surface area contributed by atoms with Crippen LogP contribution in [-0.2, 0) is 24.7 Å². The van der Waals surface area contributed by atoms with E-state index in [-0.39, 0.29) is 12.1 Å². The number of ether oxygens (including phenoxy) is 1. The van der Waals surface area contributed by atoms with E-state index in [0.717, 1.165) is 4.90 Å². The fourth-order valence-corrected chi connectivity index (χ4v) is 4.77. The minimum Gasteiger partial charge on any atom is -0.392 e. The zero-order valence-electron chi connectivity index (χ0n) is 15.6. The molecule has 4 rings (SSSR count). The predicted octanol–water partition coefficient (Wildman–Crippen LogP) is -0.0366. The molecule has 1 aromatic rings. The van der Waals surface area contributed by atoms with E-state index in [0.29, 0.717) is 18.7 Å². The Hall–Kier alpha value is -2.36. The van der Waals surface area contributed by atoms with Crippen molar-refractivity contribution in [2.75, 3.05) is 25.6 Å². The zero-order chi connectivity index (χ0) is 20.2. The number of likely N-dealkylation sites (tertiary alicyclic amines) is 1. The first-order valence-electron chi connectivity index (χ1n) is 9.24. The van der Waals surface area contributed by atoms with Crippen LogP contribution in [-0.4, -0.2) is 60.1 Å². The molecule has 0 unspecified atom stereocenters. The Bertz CT molecular complexity index is 860. The molecular formula is C19H22FN3O5. The SMILES string of the molecule is COCCCN1C(=O)[C@@H]2[C@H]([C@H](C)O)N[C@]3(C(=O)Nc4ccc(F)cc43)[C@@H]2C1=O. The van der Waals surface area contributed by atoms with E-state index in [4.69, 9.17) is 4.74 Å². The standard InChI is InChI=1S/C19H22FN3O5/c1-9(24)15-13-14(17(26)23(16(13)25)6-3-7-28-2)19(22-15)11-8-10(20)4-5-12(11)21-18(19)27/h4-5,8-9,13-15,22,24H,3,6-7H2,1-2H3,(H,21,27)/t9-,13-,14-,15-,19-/m0/s1. The zero-order valence-corrected chi connectivity index (χ0v) is 15.6. The lowest BCUT2D eigenvalue weighted by Gasteiger charge is -2.30. The number of nitrogens with zero attached hydrogens (tertiary/aromatic N) is 1. The second kappa shape index (κ2) is 6.61. The topological polar surface area (TPSA) is 108 Å². The van der Waals surface area contributed by atoms with Gasteiger partial charge >= 0.3 is 0 Å². The fraction of sp³-hybridized carbons (Fsp3) is 0.526. The highest BCUT2D eigenvalue weighted by atomic mass is 19.1. The largest absolute Gasteiger partial charge is 0.392 e. The third kappa shape index (κ3) is 2.43. The maximum atomic E-state index is 14.0. The highest BCUT2D eigenvalue weighted by molar-refractivity contribution is 6.15. The molecule has 1 spiro atoms. The first-order chi connectivity index (χ1) is 13.3. The molecule has 3 aliphatic rings. The van der Waals surface area contributed by atoms with E-state index >= 15 is 0 Å². The lowest BCUT2D eigenvalue weighted by atomic mass is 9.76. The molecule has 0 saturated carbocycles. The van der Waals surface area contributed by atoms with Gasteiger partial charge in [0.2, 0.25) is 17.7 Å². The molecule has 2 saturated heterocycles. The van der Waals surface area contributed by atoms with Crippen molar-refractivity contribution in [1.82, 2.24) is 10.2 Å². The monoisotopic (exact) mass is 391 g/mol. The number of amides is 3. The molecule has 150 valence electrons. The number of carbonyl (C=O) groups is 3. The summed E-state index contributed by atoms with van der Waals surface area (Å²) in [7, 11) is 1.53. The van der Waals surface area contributed by atoms with Crippen molar-refractivity contribution in [3.8, 4) is 0 Å². The summed E-state index contributed by atoms with van der Waals surface area (Å²) in [5.74, 6) is -3.96. The Labute approximate surface area is 161 Å². The smallest absolute Gasteiger partial charge is 0.250 e. The normalized spacial score (nSPS) is 32.1. The van der Waals surface area contributed by atoms with Gasteiger partial charge in [-0.1, -0.05) is 0 Å². The van der Waals surface area contributed by atoms with Crippen LogP contribution in [0.3, 0.4) is 0 Å². The summed E-state index contributed by atoms with van der Waals surface area (Å²) < 4.78 is 19.0. The van der Waals surface area contributed by atoms with Gasteiger partial charge in [-0.05, 0) is 31.5 Å². The van der Waals surface area contributed by atoms with Crippen molar-refractivity contribution in [1.29, 1.82) is 0 Å². The quantitative estimate of drug-likeness (QED) is 0.480. The van der Waals surface area contributed by atoms with Gasteiger partial charge < -0.3 is 15.2 Å². The number of methoxy groups -OCH3 is 1. The second-order valence-corrected chi connectivity index (χ2v) is 7.54. The molecule has 3 N–H and O–H groups in total. The van der Waals surface area contributed by atoms with Gasteiger partial charge in [0.25, 0.3) is 0 Å². The van der Waals surface area contributed by atoms with Crippen molar-refractivity contribution < 1.29 is 28.6 Å². The molecule has 8 nitrogen and oxygen atoms in total. The molecule has 28 heavy (non-hydrogen) atoms. The number of anilines is 1. The molecule has 3 heterocycles. The number of fused-ring (bicyclic) bond motifs is 4. The predicted molar refractivity (Wildman–Crippen MR) is 95.5 cm³/mol. The Balaban J connectivity index is 1.81. The lowest BCUT2D eigenvalue weighted by molar-refractivity contribution is -0.143. The van der Waals surface area contributed by atoms with Crippen LogP contribution in [0.4, 0.5) is 10.1 Å². The Morgan fingerprint density at radius 2 is 2.07 bits per heavy atom. The van der Waals surface area contributed by atoms with E-state index in [1.54, 1.807) is 0 Å². The molecule has 0 bridgehead atoms. The van der Waals surface area contributed by atoms with Crippen molar-refractivity contribution in [3.63, 3.8) is 0 Å². The van der Waals surface area contributed by atoms with Crippen molar-refractivity contribution in [3.05, 3.63) is 29.6 Å². The van der Waals surface area contributed by atoms with Crippen LogP contribution in [0.5, 0.6) is 0 Å². The van der Waals surface area contributed by atoms with Gasteiger partial charge in [-0.2, -0.15) is 0 Å². The number of hydrogen-bond acceptors (Lipinski definition) is 6. The molecule has 9 heteroatoms. The van der Waals surface area contributed by atoms with E-state index in [1.807, 2.05) is 0 Å². The van der Waals surface area contributed by atoms with Crippen LogP contribution in [0, 0.1) is 17.7 Å². The number of hydrogen-bond donors (Lipinski definition) is 3. The Morgan fingerprint density at radius 3 is 2.75 bits per heavy atom. The van der Waals surface area contributed by atoms with Gasteiger partial charge in [0.05, 0.1) is 17.9 Å². The number of nitrogens with one attached hydrogen (secondary N) is 2. The second-order valence-electron chi connectivity index (χ2n) is 7.54. The van der Waals surface area contributed by atoms with Crippen LogP contribution in [0.2, 0.25) is 0 Å². The summed E-state index contributed by atoms with van der Waals surface area (Å²) in [6.07, 6.45) is -0.530. The minimum absolute atomic E-state index is 0.165. The molecule has 3 amide bonds. The van der Waals surface area contributed by atoms with Gasteiger partial charge in [0.1, 0.15) is 11.4 Å². The number of carbonyl (C=O) groups excluding carboxylic acids is 3. The third-order valence-electron chi connectivity index (χ3n) is 5.95. The molecule has 5 atom stereocenters. The first-order valence-corrected chi connectivity index (χ1v) is 9.24. The lowest BCUT2D eigenvalue weighted by Crippen LogP contribution is -2.54. The molecular weight excluding hydrogens is 369 g/mol. The number of imide groups is 1. The maximum absolute atomic E-state index is 14.0. The van der Waals surface area contributed by atoms with Gasteiger partial charge in [-0.3, -0.25) is 24.6 Å². The summed E-state index contributed by atoms with van der Waals surface area (Å²) in [4.78, 5) is 40.4. The van der Waals surface area contributed by atoms with Crippen molar-refractivity contribution >= 4 is 23.4 Å². The van der Waals surface area contributed by atoms with Gasteiger partial charge in [0, 0.05) is 37.6 Å². The summed E-state index contributed by atoms with van der Waals surface area (Å²) in [6, 6.07) is 3.04. The van der Waals surface area contributed by atoms with Gasteiger partial charge in [0.15, 0.2) is 0 Å². The van der Waals surface area contributed by atoms with Crippen LogP contribution in [0.15, 0.2) is 18.2 Å². The Kier molecular flexibility index (Phi) is 4.48. The fourth-order valence-electron chi connectivity index (χ4n) is 4.77. The summed E-state index contributed by atoms with van der Waals surface area (Å²) in [5.41, 5.74) is -0.913. The Morgan fingerprint density at radius 1 is 1.32 bits per heavy atom. The van der Waals surface area contributed by atoms with E-state index in [2.05, 4.69) is 10.6 Å². The minimum atomic E-state index is -1.59. The van der Waals surface area contributed by atoms with Crippen LogP contribution in [0.1, 0.15) is 18.9 Å². The van der Waals surface area contributed by atoms with Crippen LogP contribution in [0.25, 0.3) is 0 Å². The van der Waals surface area contributed by atoms with E-state index < -0.39 is 53.1 Å². The van der Waals surface area contributed by atoms with Gasteiger partial charge in [-0.25, -0.2) is 4.39 Å². The molecule has 3 aliphatic heterocycles. The maximum Gasteiger partial charge on any atom is 0.250 e. The number of aliphatic hydroxyl groups is 1. The van der Waals surface area contributed by atoms with Gasteiger partial charge in [-0.15, -0.1) is 0 Å².